The summed E-state index contributed by atoms with van der Waals surface area (Å²) in [5.74, 6) is -0.851. The highest BCUT2D eigenvalue weighted by Gasteiger charge is 2.46. The van der Waals surface area contributed by atoms with E-state index >= 15 is 0 Å². The lowest BCUT2D eigenvalue weighted by Gasteiger charge is -2.26. The van der Waals surface area contributed by atoms with Gasteiger partial charge in [-0.3, -0.25) is 9.59 Å². The van der Waals surface area contributed by atoms with E-state index in [4.69, 9.17) is 4.74 Å². The van der Waals surface area contributed by atoms with E-state index in [9.17, 15) is 14.7 Å². The van der Waals surface area contributed by atoms with Gasteiger partial charge >= 0.3 is 0 Å². The third-order valence-electron chi connectivity index (χ3n) is 6.40. The van der Waals surface area contributed by atoms with Crippen LogP contribution >= 0.6 is 0 Å². The number of ketones is 1. The van der Waals surface area contributed by atoms with Crippen LogP contribution in [0.2, 0.25) is 0 Å². The first-order valence-electron chi connectivity index (χ1n) is 11.4. The summed E-state index contributed by atoms with van der Waals surface area (Å²) in [6.07, 6.45) is 5.92. The van der Waals surface area contributed by atoms with Gasteiger partial charge in [-0.15, -0.1) is 0 Å². The standard InChI is InChI=1S/C28H25N3O4/c1-35-21-12-10-20(11-13-21)26(32)24-25(23-9-4-7-19-6-2-3-8-22(19)23)31(28(34)27(24)33)16-5-15-30-17-14-29-18-30/h2-4,6-14,17-18,25,32H,5,15-16H2,1H3/t25-/m1/s1. The molecule has 0 bridgehead atoms. The van der Waals surface area contributed by atoms with Crippen molar-refractivity contribution in [2.75, 3.05) is 13.7 Å². The zero-order valence-corrected chi connectivity index (χ0v) is 19.3. The number of benzene rings is 3. The van der Waals surface area contributed by atoms with Gasteiger partial charge in [-0.2, -0.15) is 0 Å². The van der Waals surface area contributed by atoms with Crippen molar-refractivity contribution >= 4 is 28.2 Å². The summed E-state index contributed by atoms with van der Waals surface area (Å²) in [6.45, 7) is 1.01. The van der Waals surface area contributed by atoms with Gasteiger partial charge in [0.25, 0.3) is 11.7 Å². The summed E-state index contributed by atoms with van der Waals surface area (Å²) >= 11 is 0. The largest absolute Gasteiger partial charge is 0.507 e. The van der Waals surface area contributed by atoms with Crippen molar-refractivity contribution in [2.24, 2.45) is 0 Å². The maximum absolute atomic E-state index is 13.3. The van der Waals surface area contributed by atoms with Crippen LogP contribution in [0, 0.1) is 0 Å². The molecule has 7 nitrogen and oxygen atoms in total. The normalized spacial score (nSPS) is 17.3. The second kappa shape index (κ2) is 9.46. The van der Waals surface area contributed by atoms with Crippen LogP contribution in [-0.4, -0.2) is 44.9 Å². The van der Waals surface area contributed by atoms with Crippen LogP contribution in [0.15, 0.2) is 91.0 Å². The van der Waals surface area contributed by atoms with Gasteiger partial charge in [0.1, 0.15) is 11.5 Å². The van der Waals surface area contributed by atoms with E-state index in [1.54, 1.807) is 48.8 Å². The van der Waals surface area contributed by atoms with Crippen LogP contribution in [0.25, 0.3) is 16.5 Å². The fourth-order valence-corrected chi connectivity index (χ4v) is 4.67. The molecular formula is C28H25N3O4. The SMILES string of the molecule is COc1ccc(C(O)=C2C(=O)C(=O)N(CCCn3ccnc3)[C@@H]2c2cccc3ccccc23)cc1. The first kappa shape index (κ1) is 22.4. The van der Waals surface area contributed by atoms with Crippen LogP contribution in [0.4, 0.5) is 0 Å². The minimum Gasteiger partial charge on any atom is -0.507 e. The molecule has 0 spiro atoms. The Morgan fingerprint density at radius 3 is 2.51 bits per heavy atom. The molecular weight excluding hydrogens is 442 g/mol. The minimum atomic E-state index is -0.703. The molecule has 35 heavy (non-hydrogen) atoms. The molecule has 2 heterocycles. The number of aliphatic hydroxyl groups is 1. The number of Topliss-reactive ketones (excluding diaryl/α,β-unsaturated/α-hetero) is 1. The number of imidazole rings is 1. The van der Waals surface area contributed by atoms with E-state index < -0.39 is 17.7 Å². The van der Waals surface area contributed by atoms with Crippen molar-refractivity contribution in [3.8, 4) is 5.75 Å². The fraction of sp³-hybridized carbons (Fsp3) is 0.179. The quantitative estimate of drug-likeness (QED) is 0.245. The molecule has 0 radical (unpaired) electrons. The zero-order chi connectivity index (χ0) is 24.4. The molecule has 0 unspecified atom stereocenters. The Morgan fingerprint density at radius 2 is 1.77 bits per heavy atom. The number of carbonyl (C=O) groups is 2. The lowest BCUT2D eigenvalue weighted by molar-refractivity contribution is -0.139. The molecule has 7 heteroatoms. The number of aryl methyl sites for hydroxylation is 1. The Hall–Kier alpha value is -4.39. The summed E-state index contributed by atoms with van der Waals surface area (Å²) in [5, 5.41) is 13.2. The average Bonchev–Trinajstić information content (AvgIpc) is 3.50. The van der Waals surface area contributed by atoms with Crippen LogP contribution < -0.4 is 4.74 Å². The predicted octanol–water partition coefficient (Wildman–Crippen LogP) is 4.56. The molecule has 1 fully saturated rings. The van der Waals surface area contributed by atoms with Crippen LogP contribution in [0.3, 0.4) is 0 Å². The smallest absolute Gasteiger partial charge is 0.295 e. The van der Waals surface area contributed by atoms with Crippen LogP contribution in [-0.2, 0) is 16.1 Å². The van der Waals surface area contributed by atoms with Gasteiger partial charge in [-0.1, -0.05) is 42.5 Å². The lowest BCUT2D eigenvalue weighted by atomic mass is 9.91. The number of likely N-dealkylation sites (tertiary alicyclic amines) is 1. The molecule has 1 aliphatic rings. The molecule has 3 aromatic carbocycles. The minimum absolute atomic E-state index is 0.0964. The zero-order valence-electron chi connectivity index (χ0n) is 19.3. The van der Waals surface area contributed by atoms with Gasteiger partial charge in [-0.25, -0.2) is 4.98 Å². The molecule has 5 rings (SSSR count). The Kier molecular flexibility index (Phi) is 6.06. The van der Waals surface area contributed by atoms with Crippen molar-refractivity contribution in [1.29, 1.82) is 0 Å². The Bertz CT molecular complexity index is 1400. The number of hydrogen-bond donors (Lipinski definition) is 1. The maximum Gasteiger partial charge on any atom is 0.295 e. The number of nitrogens with zero attached hydrogens (tertiary/aromatic N) is 3. The van der Waals surface area contributed by atoms with Crippen molar-refractivity contribution in [3.05, 3.63) is 102 Å². The van der Waals surface area contributed by atoms with E-state index in [1.165, 1.54) is 0 Å². The topological polar surface area (TPSA) is 84.7 Å². The number of ether oxygens (including phenoxy) is 1. The first-order valence-corrected chi connectivity index (χ1v) is 11.4. The van der Waals surface area contributed by atoms with Crippen molar-refractivity contribution in [1.82, 2.24) is 14.5 Å². The van der Waals surface area contributed by atoms with E-state index in [2.05, 4.69) is 4.98 Å². The highest BCUT2D eigenvalue weighted by molar-refractivity contribution is 6.46. The maximum atomic E-state index is 13.3. The first-order chi connectivity index (χ1) is 17.1. The number of aromatic nitrogens is 2. The molecule has 4 aromatic rings. The van der Waals surface area contributed by atoms with Gasteiger partial charge in [-0.05, 0) is 47.0 Å². The number of rotatable bonds is 7. The molecule has 1 aliphatic heterocycles. The molecule has 1 aromatic heterocycles. The summed E-state index contributed by atoms with van der Waals surface area (Å²) in [5.41, 5.74) is 1.35. The van der Waals surface area contributed by atoms with E-state index in [-0.39, 0.29) is 11.3 Å². The lowest BCUT2D eigenvalue weighted by Crippen LogP contribution is -2.31. The summed E-state index contributed by atoms with van der Waals surface area (Å²) in [6, 6.07) is 19.8. The molecule has 1 atom stereocenters. The van der Waals surface area contributed by atoms with Crippen LogP contribution in [0.1, 0.15) is 23.6 Å². The molecule has 1 amide bonds. The van der Waals surface area contributed by atoms with E-state index in [0.29, 0.717) is 30.8 Å². The van der Waals surface area contributed by atoms with Gasteiger partial charge in [0.2, 0.25) is 0 Å². The second-order valence-corrected chi connectivity index (χ2v) is 8.44. The van der Waals surface area contributed by atoms with Gasteiger partial charge < -0.3 is 19.3 Å². The summed E-state index contributed by atoms with van der Waals surface area (Å²) in [4.78, 5) is 32.2. The molecule has 0 aliphatic carbocycles. The second-order valence-electron chi connectivity index (χ2n) is 8.44. The molecule has 0 saturated carbocycles. The summed E-state index contributed by atoms with van der Waals surface area (Å²) < 4.78 is 7.14. The summed E-state index contributed by atoms with van der Waals surface area (Å²) in [7, 11) is 1.56. The monoisotopic (exact) mass is 467 g/mol. The average molecular weight is 468 g/mol. The number of amides is 1. The van der Waals surface area contributed by atoms with Gasteiger partial charge in [0.05, 0.1) is 25.1 Å². The third-order valence-corrected chi connectivity index (χ3v) is 6.40. The van der Waals surface area contributed by atoms with E-state index in [0.717, 1.165) is 16.3 Å². The Labute approximate surface area is 202 Å². The number of carbonyl (C=O) groups excluding carboxylic acids is 2. The van der Waals surface area contributed by atoms with Crippen molar-refractivity contribution in [3.63, 3.8) is 0 Å². The van der Waals surface area contributed by atoms with Gasteiger partial charge in [0.15, 0.2) is 0 Å². The number of fused-ring (bicyclic) bond motifs is 1. The molecule has 176 valence electrons. The van der Waals surface area contributed by atoms with Crippen LogP contribution in [0.5, 0.6) is 5.75 Å². The van der Waals surface area contributed by atoms with Crippen molar-refractivity contribution in [2.45, 2.75) is 19.0 Å². The predicted molar refractivity (Wildman–Crippen MR) is 133 cm³/mol. The number of methoxy groups -OCH3 is 1. The number of hydrogen-bond acceptors (Lipinski definition) is 5. The van der Waals surface area contributed by atoms with E-state index in [1.807, 2.05) is 53.2 Å². The third kappa shape index (κ3) is 4.17. The highest BCUT2D eigenvalue weighted by atomic mass is 16.5. The van der Waals surface area contributed by atoms with Crippen molar-refractivity contribution < 1.29 is 19.4 Å². The number of aliphatic hydroxyl groups excluding tert-OH is 1. The molecule has 1 N–H and O–H groups in total. The molecule has 1 saturated heterocycles. The van der Waals surface area contributed by atoms with Gasteiger partial charge in [0, 0.05) is 31.0 Å². The highest BCUT2D eigenvalue weighted by Crippen LogP contribution is 2.42. The fourth-order valence-electron chi connectivity index (χ4n) is 4.67. The Morgan fingerprint density at radius 1 is 1.00 bits per heavy atom. The Balaban J connectivity index is 1.61.